The van der Waals surface area contributed by atoms with E-state index < -0.39 is 16.8 Å². The first-order chi connectivity index (χ1) is 16.4. The van der Waals surface area contributed by atoms with Crippen LogP contribution in [0.15, 0.2) is 36.4 Å². The number of aldehydes is 1. The maximum atomic E-state index is 14.6. The third-order valence-corrected chi connectivity index (χ3v) is 6.40. The molecule has 2 aromatic rings. The van der Waals surface area contributed by atoms with E-state index in [4.69, 9.17) is 0 Å². The van der Waals surface area contributed by atoms with Crippen molar-refractivity contribution in [2.75, 3.05) is 49.1 Å². The Morgan fingerprint density at radius 3 is 2.47 bits per heavy atom. The van der Waals surface area contributed by atoms with E-state index in [1.807, 2.05) is 9.80 Å². The predicted molar refractivity (Wildman–Crippen MR) is 125 cm³/mol. The largest absolute Gasteiger partial charge is 0.391 e. The number of amides is 1. The monoisotopic (exact) mass is 470 g/mol. The second-order valence-corrected chi connectivity index (χ2v) is 8.64. The number of benzene rings is 2. The highest BCUT2D eigenvalue weighted by Gasteiger charge is 2.29. The third-order valence-electron chi connectivity index (χ3n) is 6.40. The third kappa shape index (κ3) is 5.01. The Kier molecular flexibility index (Phi) is 7.06. The second-order valence-electron chi connectivity index (χ2n) is 8.64. The molecule has 1 unspecified atom stereocenters. The second kappa shape index (κ2) is 10.2. The number of hydrogen-bond donors (Lipinski definition) is 1. The van der Waals surface area contributed by atoms with E-state index in [0.29, 0.717) is 62.6 Å². The normalized spacial score (nSPS) is 18.6. The van der Waals surface area contributed by atoms with Crippen molar-refractivity contribution in [1.82, 2.24) is 4.90 Å². The molecule has 2 aliphatic heterocycles. The van der Waals surface area contributed by atoms with Crippen LogP contribution in [0, 0.1) is 15.9 Å². The van der Waals surface area contributed by atoms with Gasteiger partial charge in [-0.3, -0.25) is 14.9 Å². The van der Waals surface area contributed by atoms with Crippen LogP contribution in [0.1, 0.15) is 28.8 Å². The molecule has 0 saturated carbocycles. The summed E-state index contributed by atoms with van der Waals surface area (Å²) in [7, 11) is 0. The summed E-state index contributed by atoms with van der Waals surface area (Å²) in [5, 5.41) is 21.4. The molecule has 2 saturated heterocycles. The fourth-order valence-electron chi connectivity index (χ4n) is 4.61. The van der Waals surface area contributed by atoms with Crippen molar-refractivity contribution in [3.05, 3.63) is 63.5 Å². The molecule has 0 radical (unpaired) electrons. The van der Waals surface area contributed by atoms with Crippen LogP contribution in [0.5, 0.6) is 0 Å². The van der Waals surface area contributed by atoms with Crippen molar-refractivity contribution < 1.29 is 24.0 Å². The summed E-state index contributed by atoms with van der Waals surface area (Å²) in [4.78, 5) is 40.3. The highest BCUT2D eigenvalue weighted by Crippen LogP contribution is 2.30. The number of aliphatic hydroxyl groups is 1. The average Bonchev–Trinajstić information content (AvgIpc) is 2.84. The number of piperazine rings is 1. The van der Waals surface area contributed by atoms with Crippen LogP contribution in [-0.4, -0.2) is 72.5 Å². The Bertz CT molecular complexity index is 1090. The first-order valence-corrected chi connectivity index (χ1v) is 11.3. The van der Waals surface area contributed by atoms with Gasteiger partial charge in [0.1, 0.15) is 12.1 Å². The quantitative estimate of drug-likeness (QED) is 0.392. The van der Waals surface area contributed by atoms with Crippen LogP contribution in [0.2, 0.25) is 0 Å². The van der Waals surface area contributed by atoms with E-state index in [1.54, 1.807) is 23.1 Å². The van der Waals surface area contributed by atoms with E-state index in [2.05, 4.69) is 0 Å². The number of nitro groups is 1. The highest BCUT2D eigenvalue weighted by atomic mass is 19.1. The first kappa shape index (κ1) is 23.6. The van der Waals surface area contributed by atoms with Gasteiger partial charge in [-0.15, -0.1) is 0 Å². The lowest BCUT2D eigenvalue weighted by atomic mass is 10.0. The fraction of sp³-hybridized carbons (Fsp3) is 0.417. The SMILES string of the molecule is O=CCc1ccc(N2CCN(C(=O)c3cc([N+](=O)[O-])ccc3N3CCCC(O)C3)CC2)c(F)c1. The molecular formula is C24H27FN4O5. The van der Waals surface area contributed by atoms with Crippen molar-refractivity contribution in [1.29, 1.82) is 0 Å². The van der Waals surface area contributed by atoms with Gasteiger partial charge >= 0.3 is 0 Å². The zero-order valence-corrected chi connectivity index (χ0v) is 18.7. The number of halogens is 1. The number of nitrogens with zero attached hydrogens (tertiary/aromatic N) is 4. The highest BCUT2D eigenvalue weighted by molar-refractivity contribution is 6.00. The molecule has 1 atom stereocenters. The smallest absolute Gasteiger partial charge is 0.270 e. The van der Waals surface area contributed by atoms with E-state index in [9.17, 15) is 29.2 Å². The van der Waals surface area contributed by atoms with E-state index in [0.717, 1.165) is 12.7 Å². The van der Waals surface area contributed by atoms with Gasteiger partial charge in [-0.1, -0.05) is 6.07 Å². The Labute approximate surface area is 196 Å². The van der Waals surface area contributed by atoms with Crippen molar-refractivity contribution in [2.45, 2.75) is 25.4 Å². The van der Waals surface area contributed by atoms with Crippen LogP contribution in [0.4, 0.5) is 21.5 Å². The number of β-amino-alcohol motifs (C(OH)–C–C–N with tert-alkyl or cyclic N) is 1. The molecule has 1 amide bonds. The Balaban J connectivity index is 1.52. The van der Waals surface area contributed by atoms with Crippen molar-refractivity contribution >= 4 is 29.3 Å². The summed E-state index contributed by atoms with van der Waals surface area (Å²) in [6.07, 6.45) is 1.82. The maximum Gasteiger partial charge on any atom is 0.270 e. The van der Waals surface area contributed by atoms with Gasteiger partial charge in [0.2, 0.25) is 0 Å². The van der Waals surface area contributed by atoms with Crippen molar-refractivity contribution in [2.24, 2.45) is 0 Å². The zero-order valence-electron chi connectivity index (χ0n) is 18.7. The van der Waals surface area contributed by atoms with Crippen molar-refractivity contribution in [3.8, 4) is 0 Å². The summed E-state index contributed by atoms with van der Waals surface area (Å²) in [5.41, 5.74) is 1.67. The van der Waals surface area contributed by atoms with Crippen LogP contribution in [0.25, 0.3) is 0 Å². The fourth-order valence-corrected chi connectivity index (χ4v) is 4.61. The van der Waals surface area contributed by atoms with Crippen LogP contribution < -0.4 is 9.80 Å². The summed E-state index contributed by atoms with van der Waals surface area (Å²) < 4.78 is 14.6. The minimum absolute atomic E-state index is 0.152. The average molecular weight is 471 g/mol. The molecule has 10 heteroatoms. The van der Waals surface area contributed by atoms with Gasteiger partial charge in [0.15, 0.2) is 0 Å². The van der Waals surface area contributed by atoms with Gasteiger partial charge in [0.25, 0.3) is 11.6 Å². The van der Waals surface area contributed by atoms with Gasteiger partial charge in [0, 0.05) is 57.8 Å². The van der Waals surface area contributed by atoms with Crippen LogP contribution in [-0.2, 0) is 11.2 Å². The van der Waals surface area contributed by atoms with Gasteiger partial charge in [0.05, 0.1) is 28.0 Å². The number of hydrogen-bond acceptors (Lipinski definition) is 7. The number of nitro benzene ring substituents is 1. The number of aliphatic hydroxyl groups excluding tert-OH is 1. The number of rotatable bonds is 6. The maximum absolute atomic E-state index is 14.6. The topological polar surface area (TPSA) is 107 Å². The first-order valence-electron chi connectivity index (χ1n) is 11.3. The summed E-state index contributed by atoms with van der Waals surface area (Å²) in [6.45, 7) is 2.50. The van der Waals surface area contributed by atoms with Gasteiger partial charge < -0.3 is 24.6 Å². The molecule has 1 N–H and O–H groups in total. The molecule has 9 nitrogen and oxygen atoms in total. The summed E-state index contributed by atoms with van der Waals surface area (Å²) >= 11 is 0. The lowest BCUT2D eigenvalue weighted by Gasteiger charge is -2.37. The standard InChI is InChI=1S/C24H27FN4O5/c25-21-14-17(7-13-30)3-5-23(21)26-9-11-27(12-10-26)24(32)20-15-18(29(33)34)4-6-22(20)28-8-1-2-19(31)16-28/h3-6,13-15,19,31H,1-2,7-12,16H2. The molecule has 0 bridgehead atoms. The number of piperidine rings is 1. The van der Waals surface area contributed by atoms with Crippen LogP contribution >= 0.6 is 0 Å². The van der Waals surface area contributed by atoms with Crippen LogP contribution in [0.3, 0.4) is 0 Å². The molecular weight excluding hydrogens is 443 g/mol. The van der Waals surface area contributed by atoms with Gasteiger partial charge in [-0.2, -0.15) is 0 Å². The molecule has 180 valence electrons. The molecule has 0 spiro atoms. The molecule has 2 heterocycles. The molecule has 2 aromatic carbocycles. The number of carbonyl (C=O) groups is 2. The molecule has 34 heavy (non-hydrogen) atoms. The van der Waals surface area contributed by atoms with E-state index >= 15 is 0 Å². The molecule has 4 rings (SSSR count). The Hall–Kier alpha value is -3.53. The number of non-ortho nitro benzene ring substituents is 1. The minimum Gasteiger partial charge on any atom is -0.391 e. The minimum atomic E-state index is -0.527. The predicted octanol–water partition coefficient (Wildman–Crippen LogP) is 2.40. The van der Waals surface area contributed by atoms with Crippen molar-refractivity contribution in [3.63, 3.8) is 0 Å². The number of carbonyl (C=O) groups excluding carboxylic acids is 2. The molecule has 2 aliphatic rings. The van der Waals surface area contributed by atoms with E-state index in [-0.39, 0.29) is 23.6 Å². The summed E-state index contributed by atoms with van der Waals surface area (Å²) in [5.74, 6) is -0.732. The number of anilines is 2. The summed E-state index contributed by atoms with van der Waals surface area (Å²) in [6, 6.07) is 8.97. The lowest BCUT2D eigenvalue weighted by Crippen LogP contribution is -2.49. The van der Waals surface area contributed by atoms with E-state index in [1.165, 1.54) is 18.2 Å². The Morgan fingerprint density at radius 1 is 1.09 bits per heavy atom. The Morgan fingerprint density at radius 2 is 1.82 bits per heavy atom. The van der Waals surface area contributed by atoms with Gasteiger partial charge in [-0.25, -0.2) is 4.39 Å². The molecule has 2 fully saturated rings. The molecule has 0 aliphatic carbocycles. The molecule has 0 aromatic heterocycles. The lowest BCUT2D eigenvalue weighted by molar-refractivity contribution is -0.384. The zero-order chi connectivity index (χ0) is 24.2. The van der Waals surface area contributed by atoms with Gasteiger partial charge in [-0.05, 0) is 36.6 Å².